The molecule has 1 heterocycles. The molecule has 18 heavy (non-hydrogen) atoms. The second-order valence-electron chi connectivity index (χ2n) is 5.72. The van der Waals surface area contributed by atoms with E-state index < -0.39 is 18.1 Å². The van der Waals surface area contributed by atoms with Crippen molar-refractivity contribution in [2.24, 2.45) is 11.1 Å². The van der Waals surface area contributed by atoms with Crippen LogP contribution in [0, 0.1) is 5.41 Å². The second kappa shape index (κ2) is 5.67. The molecule has 6 heteroatoms. The Morgan fingerprint density at radius 3 is 2.61 bits per heavy atom. The maximum Gasteiger partial charge on any atom is 0.306 e. The highest BCUT2D eigenvalue weighted by Gasteiger charge is 2.34. The zero-order chi connectivity index (χ0) is 13.9. The first kappa shape index (κ1) is 14.9. The van der Waals surface area contributed by atoms with Crippen molar-refractivity contribution < 1.29 is 19.4 Å². The molecule has 0 aromatic rings. The van der Waals surface area contributed by atoms with Crippen molar-refractivity contribution in [2.45, 2.75) is 39.3 Å². The van der Waals surface area contributed by atoms with Crippen LogP contribution in [-0.2, 0) is 14.3 Å². The molecule has 1 aliphatic heterocycles. The Balaban J connectivity index is 2.61. The molecule has 0 radical (unpaired) electrons. The molecule has 1 aliphatic rings. The van der Waals surface area contributed by atoms with E-state index in [1.165, 1.54) is 0 Å². The van der Waals surface area contributed by atoms with Crippen molar-refractivity contribution in [1.29, 1.82) is 0 Å². The third-order valence-electron chi connectivity index (χ3n) is 3.05. The van der Waals surface area contributed by atoms with E-state index in [1.54, 1.807) is 4.90 Å². The Bertz CT molecular complexity index is 325. The van der Waals surface area contributed by atoms with Crippen LogP contribution in [0.15, 0.2) is 0 Å². The smallest absolute Gasteiger partial charge is 0.306 e. The Kier molecular flexibility index (Phi) is 4.70. The van der Waals surface area contributed by atoms with Crippen LogP contribution in [0.1, 0.15) is 27.2 Å². The Labute approximate surface area is 107 Å². The van der Waals surface area contributed by atoms with Gasteiger partial charge in [0.15, 0.2) is 0 Å². The lowest BCUT2D eigenvalue weighted by Gasteiger charge is -2.36. The maximum atomic E-state index is 12.2. The number of hydrogen-bond acceptors (Lipinski definition) is 4. The van der Waals surface area contributed by atoms with Gasteiger partial charge in [0.1, 0.15) is 0 Å². The summed E-state index contributed by atoms with van der Waals surface area (Å²) in [7, 11) is 0. The molecule has 2 unspecified atom stereocenters. The fourth-order valence-corrected chi connectivity index (χ4v) is 1.80. The number of carboxylic acid groups (broad SMARTS) is 1. The van der Waals surface area contributed by atoms with Crippen LogP contribution in [0.5, 0.6) is 0 Å². The van der Waals surface area contributed by atoms with Crippen molar-refractivity contribution in [3.05, 3.63) is 0 Å². The van der Waals surface area contributed by atoms with Gasteiger partial charge < -0.3 is 20.5 Å². The summed E-state index contributed by atoms with van der Waals surface area (Å²) < 4.78 is 5.32. The van der Waals surface area contributed by atoms with Gasteiger partial charge in [-0.3, -0.25) is 9.59 Å². The van der Waals surface area contributed by atoms with Gasteiger partial charge >= 0.3 is 5.97 Å². The quantitative estimate of drug-likeness (QED) is 0.747. The minimum Gasteiger partial charge on any atom is -0.481 e. The highest BCUT2D eigenvalue weighted by atomic mass is 16.5. The van der Waals surface area contributed by atoms with E-state index in [0.29, 0.717) is 19.7 Å². The Morgan fingerprint density at radius 1 is 1.50 bits per heavy atom. The predicted octanol–water partition coefficient (Wildman–Crippen LogP) is 0.0619. The van der Waals surface area contributed by atoms with E-state index in [1.807, 2.05) is 20.8 Å². The molecular weight excluding hydrogens is 236 g/mol. The third kappa shape index (κ3) is 3.96. The molecule has 0 saturated carbocycles. The monoisotopic (exact) mass is 258 g/mol. The lowest BCUT2D eigenvalue weighted by molar-refractivity contribution is -0.149. The SMILES string of the molecule is CC(C)(C)C(N)C(=O)N1CCOC(CC(=O)O)C1. The summed E-state index contributed by atoms with van der Waals surface area (Å²) in [5.41, 5.74) is 5.62. The molecule has 104 valence electrons. The van der Waals surface area contributed by atoms with Crippen molar-refractivity contribution in [2.75, 3.05) is 19.7 Å². The van der Waals surface area contributed by atoms with Crippen LogP contribution in [0.4, 0.5) is 0 Å². The number of aliphatic carboxylic acids is 1. The summed E-state index contributed by atoms with van der Waals surface area (Å²) in [6.45, 7) is 6.86. The molecule has 0 aromatic carbocycles. The summed E-state index contributed by atoms with van der Waals surface area (Å²) >= 11 is 0. The third-order valence-corrected chi connectivity index (χ3v) is 3.05. The first-order chi connectivity index (χ1) is 8.21. The highest BCUT2D eigenvalue weighted by molar-refractivity contribution is 5.82. The molecule has 6 nitrogen and oxygen atoms in total. The number of carbonyl (C=O) groups is 2. The lowest BCUT2D eigenvalue weighted by Crippen LogP contribution is -2.55. The van der Waals surface area contributed by atoms with Gasteiger partial charge in [-0.1, -0.05) is 20.8 Å². The standard InChI is InChI=1S/C12H22N2O4/c1-12(2,3)10(13)11(17)14-4-5-18-8(7-14)6-9(15)16/h8,10H,4-7,13H2,1-3H3,(H,15,16). The number of hydrogen-bond donors (Lipinski definition) is 2. The Hall–Kier alpha value is -1.14. The molecular formula is C12H22N2O4. The van der Waals surface area contributed by atoms with Crippen molar-refractivity contribution in [3.8, 4) is 0 Å². The van der Waals surface area contributed by atoms with Gasteiger partial charge in [0.25, 0.3) is 0 Å². The maximum absolute atomic E-state index is 12.2. The van der Waals surface area contributed by atoms with Gasteiger partial charge in [-0.15, -0.1) is 0 Å². The number of amides is 1. The van der Waals surface area contributed by atoms with E-state index in [9.17, 15) is 9.59 Å². The number of nitrogens with zero attached hydrogens (tertiary/aromatic N) is 1. The van der Waals surface area contributed by atoms with Gasteiger partial charge in [0, 0.05) is 13.1 Å². The van der Waals surface area contributed by atoms with E-state index in [-0.39, 0.29) is 17.7 Å². The number of morpholine rings is 1. The average molecular weight is 258 g/mol. The molecule has 3 N–H and O–H groups in total. The highest BCUT2D eigenvalue weighted by Crippen LogP contribution is 2.20. The first-order valence-corrected chi connectivity index (χ1v) is 6.09. The number of ether oxygens (including phenoxy) is 1. The molecule has 0 spiro atoms. The molecule has 1 saturated heterocycles. The van der Waals surface area contributed by atoms with Crippen LogP contribution in [0.25, 0.3) is 0 Å². The molecule has 2 atom stereocenters. The van der Waals surface area contributed by atoms with Crippen LogP contribution in [-0.4, -0.2) is 53.7 Å². The largest absolute Gasteiger partial charge is 0.481 e. The molecule has 1 amide bonds. The van der Waals surface area contributed by atoms with Gasteiger partial charge in [-0.2, -0.15) is 0 Å². The van der Waals surface area contributed by atoms with Gasteiger partial charge in [0.2, 0.25) is 5.91 Å². The fraction of sp³-hybridized carbons (Fsp3) is 0.833. The van der Waals surface area contributed by atoms with Crippen LogP contribution < -0.4 is 5.73 Å². The zero-order valence-corrected chi connectivity index (χ0v) is 11.2. The minimum absolute atomic E-state index is 0.0888. The van der Waals surface area contributed by atoms with Crippen molar-refractivity contribution >= 4 is 11.9 Å². The predicted molar refractivity (Wildman–Crippen MR) is 66.0 cm³/mol. The number of carbonyl (C=O) groups excluding carboxylic acids is 1. The normalized spacial score (nSPS) is 22.7. The average Bonchev–Trinajstić information content (AvgIpc) is 2.25. The van der Waals surface area contributed by atoms with Gasteiger partial charge in [-0.25, -0.2) is 0 Å². The van der Waals surface area contributed by atoms with Crippen LogP contribution in [0.3, 0.4) is 0 Å². The molecule has 0 aromatic heterocycles. The minimum atomic E-state index is -0.922. The van der Waals surface area contributed by atoms with Crippen LogP contribution >= 0.6 is 0 Å². The summed E-state index contributed by atoms with van der Waals surface area (Å²) in [5.74, 6) is -1.06. The fourth-order valence-electron chi connectivity index (χ4n) is 1.80. The van der Waals surface area contributed by atoms with Gasteiger partial charge in [-0.05, 0) is 5.41 Å². The summed E-state index contributed by atoms with van der Waals surface area (Å²) in [5, 5.41) is 8.72. The van der Waals surface area contributed by atoms with Crippen molar-refractivity contribution in [1.82, 2.24) is 4.90 Å². The second-order valence-corrected chi connectivity index (χ2v) is 5.72. The summed E-state index contributed by atoms with van der Waals surface area (Å²) in [6, 6.07) is -0.582. The van der Waals surface area contributed by atoms with Crippen LogP contribution in [0.2, 0.25) is 0 Å². The van der Waals surface area contributed by atoms with E-state index in [2.05, 4.69) is 0 Å². The topological polar surface area (TPSA) is 92.9 Å². The van der Waals surface area contributed by atoms with E-state index in [4.69, 9.17) is 15.6 Å². The molecule has 0 aliphatic carbocycles. The number of nitrogens with two attached hydrogens (primary N) is 1. The first-order valence-electron chi connectivity index (χ1n) is 6.09. The van der Waals surface area contributed by atoms with E-state index in [0.717, 1.165) is 0 Å². The molecule has 1 rings (SSSR count). The number of carboxylic acids is 1. The summed E-state index contributed by atoms with van der Waals surface area (Å²) in [4.78, 5) is 24.4. The summed E-state index contributed by atoms with van der Waals surface area (Å²) in [6.07, 6.45) is -0.526. The molecule has 0 bridgehead atoms. The Morgan fingerprint density at radius 2 is 2.11 bits per heavy atom. The van der Waals surface area contributed by atoms with Crippen molar-refractivity contribution in [3.63, 3.8) is 0 Å². The number of rotatable bonds is 3. The van der Waals surface area contributed by atoms with E-state index >= 15 is 0 Å². The molecule has 1 fully saturated rings. The van der Waals surface area contributed by atoms with Gasteiger partial charge in [0.05, 0.1) is 25.2 Å². The lowest BCUT2D eigenvalue weighted by atomic mass is 9.86. The zero-order valence-electron chi connectivity index (χ0n) is 11.2.